The van der Waals surface area contributed by atoms with Crippen LogP contribution in [0.3, 0.4) is 0 Å². The van der Waals surface area contributed by atoms with Gasteiger partial charge in [0.1, 0.15) is 22.4 Å². The number of hydrogen-bond acceptors (Lipinski definition) is 8. The van der Waals surface area contributed by atoms with Gasteiger partial charge in [0.15, 0.2) is 11.6 Å². The maximum atomic E-state index is 14.5. The lowest BCUT2D eigenvalue weighted by Gasteiger charge is -2.16. The molecule has 0 saturated heterocycles. The molecule has 0 saturated carbocycles. The van der Waals surface area contributed by atoms with Crippen LogP contribution in [0.1, 0.15) is 20.8 Å². The SMILES string of the molecule is CC(C)Nc1cc(-c2nnc(-c3cc(F)c(OC[C@H](N)[C@@H](C)O)cc3Cl)s2)ccn1.Cl. The molecule has 11 heteroatoms. The van der Waals surface area contributed by atoms with Gasteiger partial charge in [0.05, 0.1) is 17.2 Å². The quantitative estimate of drug-likeness (QED) is 0.432. The van der Waals surface area contributed by atoms with E-state index in [0.717, 1.165) is 11.4 Å². The van der Waals surface area contributed by atoms with Gasteiger partial charge in [0.2, 0.25) is 0 Å². The van der Waals surface area contributed by atoms with Gasteiger partial charge in [-0.05, 0) is 39.0 Å². The third-order valence-corrected chi connectivity index (χ3v) is 5.49. The van der Waals surface area contributed by atoms with Crippen molar-refractivity contribution in [2.24, 2.45) is 5.73 Å². The molecule has 0 aliphatic heterocycles. The Kier molecular flexibility index (Phi) is 8.96. The first-order valence-electron chi connectivity index (χ1n) is 9.37. The summed E-state index contributed by atoms with van der Waals surface area (Å²) in [4.78, 5) is 4.28. The highest BCUT2D eigenvalue weighted by Gasteiger charge is 2.18. The van der Waals surface area contributed by atoms with Crippen molar-refractivity contribution in [1.82, 2.24) is 15.2 Å². The maximum absolute atomic E-state index is 14.5. The number of halogens is 3. The van der Waals surface area contributed by atoms with Crippen molar-refractivity contribution in [3.8, 4) is 26.9 Å². The van der Waals surface area contributed by atoms with Crippen molar-refractivity contribution in [3.05, 3.63) is 41.3 Å². The molecule has 168 valence electrons. The number of nitrogens with one attached hydrogen (secondary N) is 1. The second-order valence-corrected chi connectivity index (χ2v) is 8.50. The summed E-state index contributed by atoms with van der Waals surface area (Å²) in [6, 6.07) is 5.96. The lowest BCUT2D eigenvalue weighted by atomic mass is 10.2. The standard InChI is InChI=1S/C20H23ClFN5O2S.ClH/c1-10(2)25-18-6-12(4-5-24-18)19-26-27-20(30-19)13-7-15(22)17(8-14(13)21)29-9-16(23)11(3)28;/h4-8,10-11,16,28H,9,23H2,1-3H3,(H,24,25);1H/t11-,16+;/m1./s1. The molecule has 4 N–H and O–H groups in total. The minimum Gasteiger partial charge on any atom is -0.489 e. The minimum atomic E-state index is -0.771. The molecule has 0 spiro atoms. The lowest BCUT2D eigenvalue weighted by Crippen LogP contribution is -2.38. The van der Waals surface area contributed by atoms with Crippen molar-refractivity contribution in [2.75, 3.05) is 11.9 Å². The average molecular weight is 488 g/mol. The van der Waals surface area contributed by atoms with E-state index < -0.39 is 18.0 Å². The van der Waals surface area contributed by atoms with Crippen LogP contribution in [0.2, 0.25) is 5.02 Å². The molecule has 2 aromatic heterocycles. The minimum absolute atomic E-state index is 0. The Morgan fingerprint density at radius 1 is 1.23 bits per heavy atom. The summed E-state index contributed by atoms with van der Waals surface area (Å²) in [5, 5.41) is 22.5. The number of aliphatic hydroxyl groups is 1. The van der Waals surface area contributed by atoms with Crippen molar-refractivity contribution in [2.45, 2.75) is 39.0 Å². The van der Waals surface area contributed by atoms with Crippen molar-refractivity contribution >= 4 is 41.2 Å². The van der Waals surface area contributed by atoms with Gasteiger partial charge in [-0.1, -0.05) is 22.9 Å². The maximum Gasteiger partial charge on any atom is 0.165 e. The van der Waals surface area contributed by atoms with Crippen LogP contribution in [0.15, 0.2) is 30.5 Å². The normalized spacial score (nSPS) is 12.9. The summed E-state index contributed by atoms with van der Waals surface area (Å²) in [6.45, 7) is 5.55. The monoisotopic (exact) mass is 487 g/mol. The van der Waals surface area contributed by atoms with Crippen LogP contribution < -0.4 is 15.8 Å². The van der Waals surface area contributed by atoms with Crippen LogP contribution in [0.5, 0.6) is 5.75 Å². The van der Waals surface area contributed by atoms with E-state index in [-0.39, 0.29) is 35.8 Å². The van der Waals surface area contributed by atoms with Crippen LogP contribution in [-0.4, -0.2) is 45.1 Å². The zero-order valence-electron chi connectivity index (χ0n) is 17.2. The summed E-state index contributed by atoms with van der Waals surface area (Å²) in [7, 11) is 0. The fourth-order valence-electron chi connectivity index (χ4n) is 2.52. The third-order valence-electron chi connectivity index (χ3n) is 4.17. The van der Waals surface area contributed by atoms with E-state index in [9.17, 15) is 9.50 Å². The number of nitrogens with two attached hydrogens (primary N) is 1. The molecule has 0 radical (unpaired) electrons. The van der Waals surface area contributed by atoms with Gasteiger partial charge in [0.25, 0.3) is 0 Å². The lowest BCUT2D eigenvalue weighted by molar-refractivity contribution is 0.129. The second kappa shape index (κ2) is 11.0. The van der Waals surface area contributed by atoms with Gasteiger partial charge in [-0.3, -0.25) is 0 Å². The second-order valence-electron chi connectivity index (χ2n) is 7.12. The third kappa shape index (κ3) is 6.47. The first kappa shape index (κ1) is 25.2. The number of anilines is 1. The molecular formula is C20H24Cl2FN5O2S. The van der Waals surface area contributed by atoms with Crippen molar-refractivity contribution in [1.29, 1.82) is 0 Å². The number of hydrogen-bond donors (Lipinski definition) is 3. The van der Waals surface area contributed by atoms with E-state index in [4.69, 9.17) is 22.1 Å². The van der Waals surface area contributed by atoms with Gasteiger partial charge in [0, 0.05) is 29.4 Å². The van der Waals surface area contributed by atoms with Crippen LogP contribution in [0.25, 0.3) is 21.1 Å². The summed E-state index contributed by atoms with van der Waals surface area (Å²) < 4.78 is 19.9. The highest BCUT2D eigenvalue weighted by atomic mass is 35.5. The largest absolute Gasteiger partial charge is 0.489 e. The Morgan fingerprint density at radius 2 is 1.94 bits per heavy atom. The highest BCUT2D eigenvalue weighted by molar-refractivity contribution is 7.18. The number of pyridine rings is 1. The Bertz CT molecular complexity index is 1020. The average Bonchev–Trinajstić information content (AvgIpc) is 3.17. The van der Waals surface area contributed by atoms with Crippen molar-refractivity contribution < 1.29 is 14.2 Å². The highest BCUT2D eigenvalue weighted by Crippen LogP contribution is 2.37. The molecule has 0 aliphatic carbocycles. The van der Waals surface area contributed by atoms with Gasteiger partial charge in [-0.15, -0.1) is 22.6 Å². The predicted octanol–water partition coefficient (Wildman–Crippen LogP) is 4.39. The van der Waals surface area contributed by atoms with Crippen LogP contribution in [-0.2, 0) is 0 Å². The Labute approximate surface area is 195 Å². The Morgan fingerprint density at radius 3 is 2.61 bits per heavy atom. The summed E-state index contributed by atoms with van der Waals surface area (Å²) in [5.74, 6) is 0.0969. The van der Waals surface area contributed by atoms with Crippen LogP contribution >= 0.6 is 35.3 Å². The molecular weight excluding hydrogens is 464 g/mol. The molecule has 3 aromatic rings. The van der Waals surface area contributed by atoms with E-state index in [1.54, 1.807) is 6.20 Å². The fraction of sp³-hybridized carbons (Fsp3) is 0.350. The van der Waals surface area contributed by atoms with Crippen LogP contribution in [0, 0.1) is 5.82 Å². The van der Waals surface area contributed by atoms with E-state index in [0.29, 0.717) is 15.6 Å². The topological polar surface area (TPSA) is 106 Å². The zero-order chi connectivity index (χ0) is 21.8. The van der Waals surface area contributed by atoms with Gasteiger partial charge < -0.3 is 20.9 Å². The molecule has 1 aromatic carbocycles. The predicted molar refractivity (Wildman–Crippen MR) is 125 cm³/mol. The molecule has 2 atom stereocenters. The molecule has 3 rings (SSSR count). The van der Waals surface area contributed by atoms with Gasteiger partial charge >= 0.3 is 0 Å². The van der Waals surface area contributed by atoms with E-state index in [1.807, 2.05) is 26.0 Å². The smallest absolute Gasteiger partial charge is 0.165 e. The first-order chi connectivity index (χ1) is 14.2. The number of benzene rings is 1. The zero-order valence-corrected chi connectivity index (χ0v) is 19.6. The summed E-state index contributed by atoms with van der Waals surface area (Å²) in [5.41, 5.74) is 6.98. The first-order valence-corrected chi connectivity index (χ1v) is 10.6. The van der Waals surface area contributed by atoms with E-state index in [2.05, 4.69) is 20.5 Å². The van der Waals surface area contributed by atoms with E-state index >= 15 is 0 Å². The van der Waals surface area contributed by atoms with E-state index in [1.165, 1.54) is 30.4 Å². The molecule has 7 nitrogen and oxygen atoms in total. The fourth-order valence-corrected chi connectivity index (χ4v) is 3.68. The summed E-state index contributed by atoms with van der Waals surface area (Å²) >= 11 is 7.64. The number of rotatable bonds is 8. The number of aromatic nitrogens is 3. The van der Waals surface area contributed by atoms with Gasteiger partial charge in [-0.2, -0.15) is 0 Å². The molecule has 0 amide bonds. The molecule has 0 bridgehead atoms. The molecule has 0 fully saturated rings. The molecule has 2 heterocycles. The Hall–Kier alpha value is -2.04. The van der Waals surface area contributed by atoms with Crippen molar-refractivity contribution in [3.63, 3.8) is 0 Å². The molecule has 0 unspecified atom stereocenters. The number of nitrogens with zero attached hydrogens (tertiary/aromatic N) is 3. The van der Waals surface area contributed by atoms with Crippen LogP contribution in [0.4, 0.5) is 10.2 Å². The number of ether oxygens (including phenoxy) is 1. The molecule has 0 aliphatic rings. The molecule has 31 heavy (non-hydrogen) atoms. The summed E-state index contributed by atoms with van der Waals surface area (Å²) in [6.07, 6.45) is 0.921. The van der Waals surface area contributed by atoms with Gasteiger partial charge in [-0.25, -0.2) is 9.37 Å². The Balaban J connectivity index is 0.00000341. The number of aliphatic hydroxyl groups excluding tert-OH is 1.